The summed E-state index contributed by atoms with van der Waals surface area (Å²) in [5.41, 5.74) is 0.504. The van der Waals surface area contributed by atoms with Crippen molar-refractivity contribution in [1.29, 1.82) is 0 Å². The lowest BCUT2D eigenvalue weighted by Gasteiger charge is -2.37. The highest BCUT2D eigenvalue weighted by atomic mass is 14.4. The molecule has 0 aromatic carbocycles. The molecule has 0 spiro atoms. The van der Waals surface area contributed by atoms with Gasteiger partial charge in [-0.05, 0) is 29.6 Å². The van der Waals surface area contributed by atoms with Gasteiger partial charge in [-0.15, -0.1) is 0 Å². The molecule has 0 aromatic heterocycles. The molecule has 0 heterocycles. The molecule has 14 heavy (non-hydrogen) atoms. The zero-order valence-corrected chi connectivity index (χ0v) is 11.4. The van der Waals surface area contributed by atoms with Crippen LogP contribution in [0.4, 0.5) is 0 Å². The third-order valence-corrected chi connectivity index (χ3v) is 4.33. The second kappa shape index (κ2) is 5.78. The van der Waals surface area contributed by atoms with Gasteiger partial charge in [-0.3, -0.25) is 0 Å². The van der Waals surface area contributed by atoms with Crippen LogP contribution >= 0.6 is 0 Å². The molecule has 0 aromatic rings. The average molecular weight is 198 g/mol. The van der Waals surface area contributed by atoms with E-state index in [1.165, 1.54) is 19.3 Å². The van der Waals surface area contributed by atoms with Crippen molar-refractivity contribution in [1.82, 2.24) is 0 Å². The van der Waals surface area contributed by atoms with Gasteiger partial charge in [0.1, 0.15) is 0 Å². The standard InChI is InChI=1S/C14H30/c1-8-12(4)14(6,7)13(5)10-9-11(2)3/h11-13H,8-10H2,1-7H3. The van der Waals surface area contributed by atoms with Crippen LogP contribution in [0.3, 0.4) is 0 Å². The Morgan fingerprint density at radius 3 is 1.71 bits per heavy atom. The van der Waals surface area contributed by atoms with Gasteiger partial charge in [-0.1, -0.05) is 61.3 Å². The summed E-state index contributed by atoms with van der Waals surface area (Å²) in [5, 5.41) is 0. The first-order valence-corrected chi connectivity index (χ1v) is 6.32. The zero-order chi connectivity index (χ0) is 11.4. The monoisotopic (exact) mass is 198 g/mol. The molecule has 2 atom stereocenters. The Kier molecular flexibility index (Phi) is 5.78. The van der Waals surface area contributed by atoms with Crippen LogP contribution in [0.1, 0.15) is 67.7 Å². The van der Waals surface area contributed by atoms with Crippen molar-refractivity contribution in [3.8, 4) is 0 Å². The van der Waals surface area contributed by atoms with E-state index in [0.717, 1.165) is 17.8 Å². The quantitative estimate of drug-likeness (QED) is 0.555. The first kappa shape index (κ1) is 14.0. The van der Waals surface area contributed by atoms with E-state index >= 15 is 0 Å². The van der Waals surface area contributed by atoms with E-state index in [4.69, 9.17) is 0 Å². The van der Waals surface area contributed by atoms with Crippen LogP contribution < -0.4 is 0 Å². The highest BCUT2D eigenvalue weighted by Gasteiger charge is 2.30. The summed E-state index contributed by atoms with van der Waals surface area (Å²) in [6, 6.07) is 0. The molecule has 0 aliphatic carbocycles. The van der Waals surface area contributed by atoms with E-state index in [1.807, 2.05) is 0 Å². The summed E-state index contributed by atoms with van der Waals surface area (Å²) < 4.78 is 0. The third kappa shape index (κ3) is 4.02. The summed E-state index contributed by atoms with van der Waals surface area (Å²) in [4.78, 5) is 0. The van der Waals surface area contributed by atoms with E-state index in [1.54, 1.807) is 0 Å². The topological polar surface area (TPSA) is 0 Å². The van der Waals surface area contributed by atoms with E-state index in [9.17, 15) is 0 Å². The highest BCUT2D eigenvalue weighted by molar-refractivity contribution is 4.80. The molecule has 2 unspecified atom stereocenters. The molecule has 0 fully saturated rings. The van der Waals surface area contributed by atoms with Gasteiger partial charge in [0.05, 0.1) is 0 Å². The fourth-order valence-corrected chi connectivity index (χ4v) is 1.97. The molecule has 0 N–H and O–H groups in total. The van der Waals surface area contributed by atoms with Crippen LogP contribution in [-0.2, 0) is 0 Å². The summed E-state index contributed by atoms with van der Waals surface area (Å²) >= 11 is 0. The normalized spacial score (nSPS) is 17.1. The van der Waals surface area contributed by atoms with Crippen molar-refractivity contribution in [2.75, 3.05) is 0 Å². The summed E-state index contributed by atoms with van der Waals surface area (Å²) in [6.07, 6.45) is 4.06. The van der Waals surface area contributed by atoms with Crippen LogP contribution in [0, 0.1) is 23.2 Å². The summed E-state index contributed by atoms with van der Waals surface area (Å²) in [6.45, 7) is 16.6. The fourth-order valence-electron chi connectivity index (χ4n) is 1.97. The van der Waals surface area contributed by atoms with Crippen LogP contribution in [0.5, 0.6) is 0 Å². The smallest absolute Gasteiger partial charge is 0.0303 e. The van der Waals surface area contributed by atoms with E-state index < -0.39 is 0 Å². The molecule has 0 aliphatic heterocycles. The van der Waals surface area contributed by atoms with Gasteiger partial charge in [0.2, 0.25) is 0 Å². The predicted octanol–water partition coefficient (Wildman–Crippen LogP) is 5.13. The van der Waals surface area contributed by atoms with E-state index in [0.29, 0.717) is 5.41 Å². The van der Waals surface area contributed by atoms with Gasteiger partial charge in [0.15, 0.2) is 0 Å². The van der Waals surface area contributed by atoms with Crippen LogP contribution in [0.25, 0.3) is 0 Å². The Morgan fingerprint density at radius 2 is 1.36 bits per heavy atom. The van der Waals surface area contributed by atoms with Gasteiger partial charge in [0, 0.05) is 0 Å². The van der Waals surface area contributed by atoms with Gasteiger partial charge in [-0.25, -0.2) is 0 Å². The first-order valence-electron chi connectivity index (χ1n) is 6.32. The molecule has 0 amide bonds. The minimum atomic E-state index is 0.504. The molecular weight excluding hydrogens is 168 g/mol. The number of rotatable bonds is 6. The van der Waals surface area contributed by atoms with E-state index in [2.05, 4.69) is 48.5 Å². The largest absolute Gasteiger partial charge is 0.0651 e. The Bertz CT molecular complexity index is 144. The first-order chi connectivity index (χ1) is 6.32. The Morgan fingerprint density at radius 1 is 0.857 bits per heavy atom. The molecule has 0 rings (SSSR count). The molecule has 0 saturated carbocycles. The molecule has 0 heteroatoms. The lowest BCUT2D eigenvalue weighted by atomic mass is 9.68. The third-order valence-electron chi connectivity index (χ3n) is 4.33. The Balaban J connectivity index is 4.13. The molecular formula is C14H30. The lowest BCUT2D eigenvalue weighted by molar-refractivity contribution is 0.122. The highest BCUT2D eigenvalue weighted by Crippen LogP contribution is 2.39. The molecule has 0 saturated heterocycles. The van der Waals surface area contributed by atoms with Crippen molar-refractivity contribution in [3.63, 3.8) is 0 Å². The maximum absolute atomic E-state index is 2.44. The minimum Gasteiger partial charge on any atom is -0.0651 e. The van der Waals surface area contributed by atoms with Crippen molar-refractivity contribution >= 4 is 0 Å². The predicted molar refractivity (Wildman–Crippen MR) is 66.5 cm³/mol. The maximum atomic E-state index is 2.44. The van der Waals surface area contributed by atoms with Crippen molar-refractivity contribution in [2.24, 2.45) is 23.2 Å². The lowest BCUT2D eigenvalue weighted by Crippen LogP contribution is -2.29. The summed E-state index contributed by atoms with van der Waals surface area (Å²) in [7, 11) is 0. The van der Waals surface area contributed by atoms with Gasteiger partial charge < -0.3 is 0 Å². The molecule has 0 aliphatic rings. The van der Waals surface area contributed by atoms with Gasteiger partial charge in [-0.2, -0.15) is 0 Å². The summed E-state index contributed by atoms with van der Waals surface area (Å²) in [5.74, 6) is 2.54. The molecule has 0 radical (unpaired) electrons. The maximum Gasteiger partial charge on any atom is -0.0303 e. The average Bonchev–Trinajstić information content (AvgIpc) is 2.12. The Labute approximate surface area is 91.5 Å². The zero-order valence-electron chi connectivity index (χ0n) is 11.4. The number of hydrogen-bond donors (Lipinski definition) is 0. The van der Waals surface area contributed by atoms with Crippen LogP contribution in [-0.4, -0.2) is 0 Å². The SMILES string of the molecule is CCC(C)C(C)(C)C(C)CCC(C)C. The number of hydrogen-bond acceptors (Lipinski definition) is 0. The van der Waals surface area contributed by atoms with E-state index in [-0.39, 0.29) is 0 Å². The second-order valence-corrected chi connectivity index (χ2v) is 6.00. The van der Waals surface area contributed by atoms with Crippen molar-refractivity contribution in [3.05, 3.63) is 0 Å². The fraction of sp³-hybridized carbons (Fsp3) is 1.00. The van der Waals surface area contributed by atoms with Gasteiger partial charge in [0.25, 0.3) is 0 Å². The van der Waals surface area contributed by atoms with Crippen molar-refractivity contribution in [2.45, 2.75) is 67.7 Å². The van der Waals surface area contributed by atoms with Crippen LogP contribution in [0.15, 0.2) is 0 Å². The molecule has 0 bridgehead atoms. The minimum absolute atomic E-state index is 0.504. The Hall–Kier alpha value is 0. The molecule has 86 valence electrons. The second-order valence-electron chi connectivity index (χ2n) is 6.00. The molecule has 0 nitrogen and oxygen atoms in total. The van der Waals surface area contributed by atoms with Crippen molar-refractivity contribution < 1.29 is 0 Å². The van der Waals surface area contributed by atoms with Gasteiger partial charge >= 0.3 is 0 Å². The van der Waals surface area contributed by atoms with Crippen LogP contribution in [0.2, 0.25) is 0 Å².